The first-order valence-corrected chi connectivity index (χ1v) is 6.11. The Hall–Kier alpha value is -0.800. The SMILES string of the molecule is ClC1=CN(c2ccc(CBr)cn2)CC=C1. The minimum Gasteiger partial charge on any atom is -0.328 e. The number of aromatic nitrogens is 1. The number of hydrogen-bond donors (Lipinski definition) is 0. The van der Waals surface area contributed by atoms with Crippen molar-refractivity contribution in [3.8, 4) is 0 Å². The fraction of sp³-hybridized carbons (Fsp3) is 0.182. The molecular weight excluding hydrogens is 275 g/mol. The van der Waals surface area contributed by atoms with Crippen molar-refractivity contribution >= 4 is 33.3 Å². The zero-order valence-electron chi connectivity index (χ0n) is 8.03. The van der Waals surface area contributed by atoms with E-state index in [9.17, 15) is 0 Å². The van der Waals surface area contributed by atoms with E-state index in [4.69, 9.17) is 11.6 Å². The van der Waals surface area contributed by atoms with Gasteiger partial charge in [-0.2, -0.15) is 0 Å². The molecule has 0 spiro atoms. The van der Waals surface area contributed by atoms with Crippen LogP contribution in [-0.4, -0.2) is 11.5 Å². The van der Waals surface area contributed by atoms with E-state index in [1.807, 2.05) is 35.5 Å². The van der Waals surface area contributed by atoms with Crippen molar-refractivity contribution in [1.29, 1.82) is 0 Å². The maximum Gasteiger partial charge on any atom is 0.132 e. The molecule has 0 aliphatic carbocycles. The number of nitrogens with zero attached hydrogens (tertiary/aromatic N) is 2. The van der Waals surface area contributed by atoms with Crippen molar-refractivity contribution < 1.29 is 0 Å². The quantitative estimate of drug-likeness (QED) is 0.774. The second-order valence-electron chi connectivity index (χ2n) is 3.23. The van der Waals surface area contributed by atoms with Gasteiger partial charge < -0.3 is 4.90 Å². The predicted octanol–water partition coefficient (Wildman–Crippen LogP) is 3.43. The first-order valence-electron chi connectivity index (χ1n) is 4.61. The lowest BCUT2D eigenvalue weighted by atomic mass is 10.3. The van der Waals surface area contributed by atoms with Gasteiger partial charge >= 0.3 is 0 Å². The van der Waals surface area contributed by atoms with E-state index in [2.05, 4.69) is 27.0 Å². The summed E-state index contributed by atoms with van der Waals surface area (Å²) in [6, 6.07) is 4.05. The van der Waals surface area contributed by atoms with Crippen LogP contribution in [0, 0.1) is 0 Å². The highest BCUT2D eigenvalue weighted by molar-refractivity contribution is 9.08. The molecule has 0 radical (unpaired) electrons. The van der Waals surface area contributed by atoms with Crippen molar-refractivity contribution in [3.05, 3.63) is 47.3 Å². The van der Waals surface area contributed by atoms with E-state index in [1.165, 1.54) is 5.56 Å². The molecule has 0 amide bonds. The average molecular weight is 286 g/mol. The number of allylic oxidation sites excluding steroid dienone is 2. The molecule has 78 valence electrons. The number of pyridine rings is 1. The molecular formula is C11H10BrClN2. The third kappa shape index (κ3) is 2.61. The summed E-state index contributed by atoms with van der Waals surface area (Å²) in [5, 5.41) is 1.56. The molecule has 1 aliphatic rings. The summed E-state index contributed by atoms with van der Waals surface area (Å²) >= 11 is 9.31. The van der Waals surface area contributed by atoms with Crippen molar-refractivity contribution in [2.24, 2.45) is 0 Å². The zero-order valence-corrected chi connectivity index (χ0v) is 10.4. The lowest BCUT2D eigenvalue weighted by molar-refractivity contribution is 1.02. The van der Waals surface area contributed by atoms with Crippen LogP contribution in [0.15, 0.2) is 41.7 Å². The van der Waals surface area contributed by atoms with Crippen molar-refractivity contribution in [2.75, 3.05) is 11.4 Å². The molecule has 4 heteroatoms. The van der Waals surface area contributed by atoms with Gasteiger partial charge in [-0.05, 0) is 17.7 Å². The van der Waals surface area contributed by atoms with Crippen LogP contribution >= 0.6 is 27.5 Å². The van der Waals surface area contributed by atoms with Gasteiger partial charge in [0.1, 0.15) is 5.82 Å². The van der Waals surface area contributed by atoms with Gasteiger partial charge in [0.25, 0.3) is 0 Å². The number of anilines is 1. The van der Waals surface area contributed by atoms with Crippen LogP contribution in [0.25, 0.3) is 0 Å². The summed E-state index contributed by atoms with van der Waals surface area (Å²) < 4.78 is 0. The van der Waals surface area contributed by atoms with E-state index < -0.39 is 0 Å². The first kappa shape index (κ1) is 10.7. The maximum atomic E-state index is 5.92. The van der Waals surface area contributed by atoms with Crippen molar-refractivity contribution in [1.82, 2.24) is 4.98 Å². The Kier molecular flexibility index (Phi) is 3.44. The van der Waals surface area contributed by atoms with Gasteiger partial charge in [-0.3, -0.25) is 0 Å². The first-order chi connectivity index (χ1) is 7.29. The fourth-order valence-electron chi connectivity index (χ4n) is 1.35. The van der Waals surface area contributed by atoms with Gasteiger partial charge in [0, 0.05) is 24.3 Å². The van der Waals surface area contributed by atoms with Crippen LogP contribution in [-0.2, 0) is 5.33 Å². The third-order valence-corrected chi connectivity index (χ3v) is 2.99. The van der Waals surface area contributed by atoms with Gasteiger partial charge in [0.2, 0.25) is 0 Å². The molecule has 0 aromatic carbocycles. The third-order valence-electron chi connectivity index (χ3n) is 2.12. The Morgan fingerprint density at radius 3 is 2.93 bits per heavy atom. The number of alkyl halides is 1. The number of hydrogen-bond acceptors (Lipinski definition) is 2. The van der Waals surface area contributed by atoms with Gasteiger partial charge in [0.15, 0.2) is 0 Å². The largest absolute Gasteiger partial charge is 0.328 e. The molecule has 1 aromatic rings. The monoisotopic (exact) mass is 284 g/mol. The molecule has 1 aromatic heterocycles. The maximum absolute atomic E-state index is 5.92. The topological polar surface area (TPSA) is 16.1 Å². The molecule has 0 unspecified atom stereocenters. The minimum absolute atomic E-state index is 0.729. The average Bonchev–Trinajstić information content (AvgIpc) is 2.29. The molecule has 0 atom stereocenters. The van der Waals surface area contributed by atoms with E-state index in [1.54, 1.807) is 0 Å². The number of halogens is 2. The molecule has 0 N–H and O–H groups in total. The van der Waals surface area contributed by atoms with Crippen LogP contribution in [0.3, 0.4) is 0 Å². The molecule has 2 nitrogen and oxygen atoms in total. The van der Waals surface area contributed by atoms with E-state index in [0.717, 1.165) is 22.7 Å². The van der Waals surface area contributed by atoms with Crippen LogP contribution in [0.5, 0.6) is 0 Å². The van der Waals surface area contributed by atoms with E-state index in [-0.39, 0.29) is 0 Å². The molecule has 2 rings (SSSR count). The van der Waals surface area contributed by atoms with Gasteiger partial charge in [0.05, 0.1) is 5.03 Å². The smallest absolute Gasteiger partial charge is 0.132 e. The zero-order chi connectivity index (χ0) is 10.7. The lowest BCUT2D eigenvalue weighted by Crippen LogP contribution is -2.19. The molecule has 2 heterocycles. The highest BCUT2D eigenvalue weighted by atomic mass is 79.9. The molecule has 0 fully saturated rings. The second-order valence-corrected chi connectivity index (χ2v) is 4.22. The van der Waals surface area contributed by atoms with E-state index in [0.29, 0.717) is 0 Å². The highest BCUT2D eigenvalue weighted by Crippen LogP contribution is 2.18. The Bertz CT molecular complexity index is 398. The van der Waals surface area contributed by atoms with Crippen molar-refractivity contribution in [3.63, 3.8) is 0 Å². The van der Waals surface area contributed by atoms with Gasteiger partial charge in [-0.25, -0.2) is 4.98 Å². The minimum atomic E-state index is 0.729. The van der Waals surface area contributed by atoms with Crippen LogP contribution in [0.1, 0.15) is 5.56 Å². The summed E-state index contributed by atoms with van der Waals surface area (Å²) in [6.07, 6.45) is 7.66. The highest BCUT2D eigenvalue weighted by Gasteiger charge is 2.07. The van der Waals surface area contributed by atoms with Crippen molar-refractivity contribution in [2.45, 2.75) is 5.33 Å². The summed E-state index contributed by atoms with van der Waals surface area (Å²) in [5.41, 5.74) is 1.17. The molecule has 0 saturated heterocycles. The van der Waals surface area contributed by atoms with Crippen LogP contribution < -0.4 is 4.90 Å². The molecule has 0 saturated carbocycles. The Morgan fingerprint density at radius 2 is 2.33 bits per heavy atom. The Labute approximate surface area is 102 Å². The summed E-state index contributed by atoms with van der Waals surface area (Å²) in [7, 11) is 0. The van der Waals surface area contributed by atoms with Gasteiger partial charge in [-0.15, -0.1) is 0 Å². The van der Waals surface area contributed by atoms with Gasteiger partial charge in [-0.1, -0.05) is 39.7 Å². The lowest BCUT2D eigenvalue weighted by Gasteiger charge is -2.20. The predicted molar refractivity (Wildman–Crippen MR) is 67.3 cm³/mol. The fourth-order valence-corrected chi connectivity index (χ4v) is 1.89. The normalized spacial score (nSPS) is 15.3. The summed E-state index contributed by atoms with van der Waals surface area (Å²) in [5.74, 6) is 0.919. The molecule has 1 aliphatic heterocycles. The van der Waals surface area contributed by atoms with Crippen LogP contribution in [0.4, 0.5) is 5.82 Å². The molecule has 15 heavy (non-hydrogen) atoms. The second kappa shape index (κ2) is 4.81. The summed E-state index contributed by atoms with van der Waals surface area (Å²) in [4.78, 5) is 6.38. The standard InChI is InChI=1S/C11H10BrClN2/c12-6-9-3-4-11(14-7-9)15-5-1-2-10(13)8-15/h1-4,7-8H,5-6H2. The van der Waals surface area contributed by atoms with E-state index >= 15 is 0 Å². The Morgan fingerprint density at radius 1 is 1.47 bits per heavy atom. The summed E-state index contributed by atoms with van der Waals surface area (Å²) in [6.45, 7) is 0.816. The van der Waals surface area contributed by atoms with Crippen LogP contribution in [0.2, 0.25) is 0 Å². The number of rotatable bonds is 2. The molecule has 0 bridgehead atoms. The Balaban J connectivity index is 2.19.